The normalized spacial score (nSPS) is 10.8. The number of halogens is 2. The highest BCUT2D eigenvalue weighted by atomic mass is 19.3. The average Bonchev–Trinajstić information content (AvgIpc) is 2.27. The summed E-state index contributed by atoms with van der Waals surface area (Å²) in [6, 6.07) is 5.48. The second-order valence-electron chi connectivity index (χ2n) is 2.77. The second kappa shape index (κ2) is 4.75. The number of hydrazine groups is 1. The topological polar surface area (TPSA) is 73.6 Å². The summed E-state index contributed by atoms with van der Waals surface area (Å²) >= 11 is 0. The van der Waals surface area contributed by atoms with Crippen molar-refractivity contribution in [1.82, 2.24) is 5.43 Å². The van der Waals surface area contributed by atoms with Crippen LogP contribution in [0.5, 0.6) is 11.5 Å². The van der Waals surface area contributed by atoms with E-state index >= 15 is 0 Å². The maximum atomic E-state index is 13.0. The van der Waals surface area contributed by atoms with Gasteiger partial charge in [0.25, 0.3) is 0 Å². The van der Waals surface area contributed by atoms with E-state index in [1.54, 1.807) is 6.07 Å². The van der Waals surface area contributed by atoms with Gasteiger partial charge in [0.2, 0.25) is 0 Å². The Labute approximate surface area is 90.1 Å². The van der Waals surface area contributed by atoms with E-state index < -0.39 is 12.0 Å². The molecule has 0 unspecified atom stereocenters. The molecule has 0 radical (unpaired) electrons. The van der Waals surface area contributed by atoms with Gasteiger partial charge in [0, 0.05) is 6.07 Å². The Kier molecular flexibility index (Phi) is 3.62. The van der Waals surface area contributed by atoms with Crippen molar-refractivity contribution in [2.75, 3.05) is 7.11 Å². The molecule has 0 heterocycles. The molecule has 0 bridgehead atoms. The number of hydrogen-bond donors (Lipinski definition) is 2. The van der Waals surface area contributed by atoms with Crippen molar-refractivity contribution in [3.05, 3.63) is 24.3 Å². The number of nitrogens with one attached hydrogen (secondary N) is 1. The molecule has 0 fully saturated rings. The number of alkyl halides is 2. The van der Waals surface area contributed by atoms with Crippen LogP contribution >= 0.6 is 0 Å². The van der Waals surface area contributed by atoms with Crippen molar-refractivity contribution in [3.8, 4) is 11.5 Å². The van der Waals surface area contributed by atoms with Gasteiger partial charge in [-0.05, 0) is 12.1 Å². The van der Waals surface area contributed by atoms with Gasteiger partial charge in [0.05, 0.1) is 7.11 Å². The Morgan fingerprint density at radius 3 is 2.62 bits per heavy atom. The van der Waals surface area contributed by atoms with Gasteiger partial charge in [-0.1, -0.05) is 6.07 Å². The summed E-state index contributed by atoms with van der Waals surface area (Å²) in [7, 11) is 1.38. The van der Waals surface area contributed by atoms with Crippen molar-refractivity contribution in [1.29, 1.82) is 0 Å². The van der Waals surface area contributed by atoms with E-state index in [0.717, 1.165) is 0 Å². The molecule has 88 valence electrons. The Hall–Kier alpha value is -1.89. The summed E-state index contributed by atoms with van der Waals surface area (Å²) in [6.07, 6.45) is -4.03. The maximum absolute atomic E-state index is 13.0. The summed E-state index contributed by atoms with van der Waals surface area (Å²) in [5, 5.41) is 0. The minimum atomic E-state index is -4.03. The van der Waals surface area contributed by atoms with E-state index in [1.165, 1.54) is 30.7 Å². The highest BCUT2D eigenvalue weighted by Gasteiger charge is 2.41. The summed E-state index contributed by atoms with van der Waals surface area (Å²) in [5.41, 5.74) is 1.31. The van der Waals surface area contributed by atoms with Crippen LogP contribution in [0.2, 0.25) is 0 Å². The van der Waals surface area contributed by atoms with Crippen molar-refractivity contribution < 1.29 is 23.0 Å². The zero-order chi connectivity index (χ0) is 12.2. The van der Waals surface area contributed by atoms with Crippen LogP contribution in [0.4, 0.5) is 8.78 Å². The summed E-state index contributed by atoms with van der Waals surface area (Å²) in [6.45, 7) is 0. The zero-order valence-corrected chi connectivity index (χ0v) is 8.37. The number of methoxy groups -OCH3 is 1. The predicted molar refractivity (Wildman–Crippen MR) is 50.9 cm³/mol. The third kappa shape index (κ3) is 2.80. The molecule has 0 aliphatic rings. The third-order valence-corrected chi connectivity index (χ3v) is 1.68. The second-order valence-corrected chi connectivity index (χ2v) is 2.77. The number of amides is 1. The fourth-order valence-electron chi connectivity index (χ4n) is 0.943. The first-order chi connectivity index (χ1) is 7.49. The molecule has 3 N–H and O–H groups in total. The van der Waals surface area contributed by atoms with E-state index in [-0.39, 0.29) is 5.75 Å². The number of carbonyl (C=O) groups excluding carboxylic acids is 1. The minimum absolute atomic E-state index is 0.201. The van der Waals surface area contributed by atoms with Crippen molar-refractivity contribution in [3.63, 3.8) is 0 Å². The molecule has 1 amide bonds. The van der Waals surface area contributed by atoms with E-state index in [2.05, 4.69) is 10.6 Å². The summed E-state index contributed by atoms with van der Waals surface area (Å²) in [5.74, 6) is 2.99. The van der Waals surface area contributed by atoms with Gasteiger partial charge in [-0.2, -0.15) is 8.78 Å². The molecule has 7 heteroatoms. The number of carbonyl (C=O) groups is 1. The van der Waals surface area contributed by atoms with Crippen LogP contribution in [0, 0.1) is 0 Å². The predicted octanol–water partition coefficient (Wildman–Crippen LogP) is 0.657. The molecule has 16 heavy (non-hydrogen) atoms. The first-order valence-corrected chi connectivity index (χ1v) is 4.21. The van der Waals surface area contributed by atoms with Crippen LogP contribution in [0.25, 0.3) is 0 Å². The lowest BCUT2D eigenvalue weighted by Gasteiger charge is -2.15. The Bertz CT molecular complexity index is 385. The van der Waals surface area contributed by atoms with E-state index in [0.29, 0.717) is 5.75 Å². The number of benzene rings is 1. The van der Waals surface area contributed by atoms with Gasteiger partial charge in [-0.25, -0.2) is 5.84 Å². The first-order valence-electron chi connectivity index (χ1n) is 4.21. The number of ether oxygens (including phenoxy) is 2. The largest absolute Gasteiger partial charge is 0.497 e. The molecule has 0 spiro atoms. The Morgan fingerprint density at radius 1 is 1.44 bits per heavy atom. The molecule has 0 aromatic heterocycles. The molecule has 1 aromatic rings. The zero-order valence-electron chi connectivity index (χ0n) is 8.37. The smallest absolute Gasteiger partial charge is 0.483 e. The van der Waals surface area contributed by atoms with Crippen molar-refractivity contribution in [2.45, 2.75) is 6.11 Å². The quantitative estimate of drug-likeness (QED) is 0.454. The monoisotopic (exact) mass is 232 g/mol. The van der Waals surface area contributed by atoms with Crippen LogP contribution in [0.3, 0.4) is 0 Å². The summed E-state index contributed by atoms with van der Waals surface area (Å²) < 4.78 is 35.0. The molecule has 1 aromatic carbocycles. The maximum Gasteiger partial charge on any atom is 0.483 e. The molecule has 0 saturated heterocycles. The molecular formula is C9H10F2N2O3. The van der Waals surface area contributed by atoms with Crippen LogP contribution in [0.15, 0.2) is 24.3 Å². The fourth-order valence-corrected chi connectivity index (χ4v) is 0.943. The fraction of sp³-hybridized carbons (Fsp3) is 0.222. The van der Waals surface area contributed by atoms with Gasteiger partial charge in [0.15, 0.2) is 0 Å². The average molecular weight is 232 g/mol. The van der Waals surface area contributed by atoms with E-state index in [1.807, 2.05) is 0 Å². The molecule has 0 aliphatic carbocycles. The van der Waals surface area contributed by atoms with Gasteiger partial charge < -0.3 is 9.47 Å². The standard InChI is InChI=1S/C9H10F2N2O3/c1-15-6-3-2-4-7(5-6)16-9(10,11)8(14)13-12/h2-5H,12H2,1H3,(H,13,14). The minimum Gasteiger partial charge on any atom is -0.497 e. The third-order valence-electron chi connectivity index (χ3n) is 1.68. The molecule has 1 rings (SSSR count). The van der Waals surface area contributed by atoms with E-state index in [4.69, 9.17) is 4.74 Å². The molecule has 5 nitrogen and oxygen atoms in total. The Morgan fingerprint density at radius 2 is 2.06 bits per heavy atom. The van der Waals surface area contributed by atoms with Crippen molar-refractivity contribution in [2.24, 2.45) is 5.84 Å². The van der Waals surface area contributed by atoms with E-state index in [9.17, 15) is 13.6 Å². The molecule has 0 aliphatic heterocycles. The lowest BCUT2D eigenvalue weighted by Crippen LogP contribution is -2.47. The molecule has 0 saturated carbocycles. The van der Waals surface area contributed by atoms with Crippen LogP contribution in [0.1, 0.15) is 0 Å². The first kappa shape index (κ1) is 12.2. The van der Waals surface area contributed by atoms with Crippen LogP contribution in [-0.4, -0.2) is 19.1 Å². The summed E-state index contributed by atoms with van der Waals surface area (Å²) in [4.78, 5) is 10.7. The van der Waals surface area contributed by atoms with Crippen molar-refractivity contribution >= 4 is 5.91 Å². The van der Waals surface area contributed by atoms with Gasteiger partial charge in [-0.15, -0.1) is 0 Å². The highest BCUT2D eigenvalue weighted by Crippen LogP contribution is 2.25. The van der Waals surface area contributed by atoms with Crippen LogP contribution < -0.4 is 20.7 Å². The number of rotatable bonds is 4. The van der Waals surface area contributed by atoms with Gasteiger partial charge in [-0.3, -0.25) is 10.2 Å². The number of nitrogens with two attached hydrogens (primary N) is 1. The SMILES string of the molecule is COc1cccc(OC(F)(F)C(=O)NN)c1. The van der Waals surface area contributed by atoms with Gasteiger partial charge in [0.1, 0.15) is 11.5 Å². The lowest BCUT2D eigenvalue weighted by molar-refractivity contribution is -0.192. The molecular weight excluding hydrogens is 222 g/mol. The number of hydrogen-bond acceptors (Lipinski definition) is 4. The lowest BCUT2D eigenvalue weighted by atomic mass is 10.3. The Balaban J connectivity index is 2.83. The van der Waals surface area contributed by atoms with Crippen LogP contribution in [-0.2, 0) is 4.79 Å². The highest BCUT2D eigenvalue weighted by molar-refractivity contribution is 5.81. The molecule has 0 atom stereocenters. The van der Waals surface area contributed by atoms with Gasteiger partial charge >= 0.3 is 12.0 Å².